The molecule has 0 aliphatic rings. The zero-order valence-corrected chi connectivity index (χ0v) is 12.0. The van der Waals surface area contributed by atoms with Gasteiger partial charge in [-0.1, -0.05) is 18.2 Å². The highest BCUT2D eigenvalue weighted by atomic mass is 32.1. The third-order valence-corrected chi connectivity index (χ3v) is 4.14. The number of thiophene rings is 1. The average Bonchev–Trinajstić information content (AvgIpc) is 3.08. The highest BCUT2D eigenvalue weighted by molar-refractivity contribution is 7.13. The molecule has 21 heavy (non-hydrogen) atoms. The van der Waals surface area contributed by atoms with E-state index in [0.29, 0.717) is 22.6 Å². The fraction of sp³-hybridized carbons (Fsp3) is 0.0714. The summed E-state index contributed by atoms with van der Waals surface area (Å²) < 4.78 is 0. The van der Waals surface area contributed by atoms with Crippen molar-refractivity contribution in [3.05, 3.63) is 51.4 Å². The number of nitrogens with zero attached hydrogens (tertiary/aromatic N) is 2. The van der Waals surface area contributed by atoms with Gasteiger partial charge in [-0.05, 0) is 18.4 Å². The van der Waals surface area contributed by atoms with Crippen molar-refractivity contribution in [1.82, 2.24) is 10.2 Å². The predicted molar refractivity (Wildman–Crippen MR) is 83.1 cm³/mol. The fourth-order valence-corrected chi connectivity index (χ4v) is 2.98. The maximum atomic E-state index is 11.1. The van der Waals surface area contributed by atoms with Gasteiger partial charge in [0.15, 0.2) is 5.82 Å². The van der Waals surface area contributed by atoms with Gasteiger partial charge in [0.25, 0.3) is 5.69 Å². The Hall–Kier alpha value is -2.67. The topological polar surface area (TPSA) is 97.8 Å². The first kappa shape index (κ1) is 13.3. The highest BCUT2D eigenvalue weighted by Gasteiger charge is 2.18. The summed E-state index contributed by atoms with van der Waals surface area (Å²) in [7, 11) is 0. The van der Waals surface area contributed by atoms with Crippen LogP contribution in [0.1, 0.15) is 5.56 Å². The van der Waals surface area contributed by atoms with Crippen molar-refractivity contribution in [2.24, 2.45) is 0 Å². The number of aromatic nitrogens is 2. The van der Waals surface area contributed by atoms with Gasteiger partial charge in [-0.25, -0.2) is 0 Å². The van der Waals surface area contributed by atoms with Crippen LogP contribution in [-0.4, -0.2) is 15.1 Å². The van der Waals surface area contributed by atoms with Crippen LogP contribution in [-0.2, 0) is 0 Å². The number of rotatable bonds is 3. The van der Waals surface area contributed by atoms with Gasteiger partial charge in [0.1, 0.15) is 0 Å². The molecule has 7 heteroatoms. The van der Waals surface area contributed by atoms with E-state index in [-0.39, 0.29) is 10.6 Å². The SMILES string of the molecule is Cc1ccc(-c2[nH]nc(N)c2-c2cccs2)cc1[N+](=O)[O-]. The maximum Gasteiger partial charge on any atom is 0.272 e. The molecule has 0 fully saturated rings. The maximum absolute atomic E-state index is 11.1. The Labute approximate surface area is 124 Å². The normalized spacial score (nSPS) is 10.7. The number of aryl methyl sites for hydroxylation is 1. The summed E-state index contributed by atoms with van der Waals surface area (Å²) in [6.07, 6.45) is 0. The quantitative estimate of drug-likeness (QED) is 0.570. The van der Waals surface area contributed by atoms with Gasteiger partial charge in [0.05, 0.1) is 16.2 Å². The predicted octanol–water partition coefficient (Wildman–Crippen LogP) is 3.60. The first-order valence-corrected chi connectivity index (χ1v) is 7.09. The molecular formula is C14H12N4O2S. The zero-order valence-electron chi connectivity index (χ0n) is 11.2. The molecule has 3 rings (SSSR count). The number of nitrogens with two attached hydrogens (primary N) is 1. The Kier molecular flexibility index (Phi) is 3.19. The molecule has 0 saturated heterocycles. The van der Waals surface area contributed by atoms with Gasteiger partial charge >= 0.3 is 0 Å². The summed E-state index contributed by atoms with van der Waals surface area (Å²) in [4.78, 5) is 11.7. The largest absolute Gasteiger partial charge is 0.382 e. The standard InChI is InChI=1S/C14H12N4O2S/c1-8-4-5-9(7-10(8)18(19)20)13-12(14(15)17-16-13)11-3-2-6-21-11/h2-7H,1H3,(H3,15,16,17). The lowest BCUT2D eigenvalue weighted by molar-refractivity contribution is -0.385. The van der Waals surface area contributed by atoms with Crippen molar-refractivity contribution in [1.29, 1.82) is 0 Å². The molecule has 0 atom stereocenters. The van der Waals surface area contributed by atoms with Gasteiger partial charge in [0.2, 0.25) is 0 Å². The molecule has 0 saturated carbocycles. The van der Waals surface area contributed by atoms with Crippen molar-refractivity contribution in [3.8, 4) is 21.7 Å². The second kappa shape index (κ2) is 5.02. The minimum absolute atomic E-state index is 0.0813. The molecule has 0 radical (unpaired) electrons. The fourth-order valence-electron chi connectivity index (χ4n) is 2.20. The average molecular weight is 300 g/mol. The summed E-state index contributed by atoms with van der Waals surface area (Å²) >= 11 is 1.54. The minimum atomic E-state index is -0.386. The van der Waals surface area contributed by atoms with Crippen LogP contribution in [0.2, 0.25) is 0 Å². The molecule has 0 aliphatic heterocycles. The number of H-pyrrole nitrogens is 1. The molecule has 106 valence electrons. The van der Waals surface area contributed by atoms with E-state index in [4.69, 9.17) is 5.73 Å². The third-order valence-electron chi connectivity index (χ3n) is 3.26. The van der Waals surface area contributed by atoms with Crippen molar-refractivity contribution in [2.75, 3.05) is 5.73 Å². The van der Waals surface area contributed by atoms with Gasteiger partial charge < -0.3 is 5.73 Å². The molecule has 3 N–H and O–H groups in total. The van der Waals surface area contributed by atoms with Gasteiger partial charge in [0, 0.05) is 22.1 Å². The number of nitrogens with one attached hydrogen (secondary N) is 1. The Bertz CT molecular complexity index is 809. The van der Waals surface area contributed by atoms with E-state index in [1.54, 1.807) is 30.4 Å². The molecule has 1 aromatic carbocycles. The van der Waals surface area contributed by atoms with E-state index in [0.717, 1.165) is 10.4 Å². The summed E-state index contributed by atoms with van der Waals surface area (Å²) in [6, 6.07) is 8.96. The smallest absolute Gasteiger partial charge is 0.272 e. The molecular weight excluding hydrogens is 288 g/mol. The summed E-state index contributed by atoms with van der Waals surface area (Å²) in [5.41, 5.74) is 8.80. The van der Waals surface area contributed by atoms with Crippen LogP contribution in [0.25, 0.3) is 21.7 Å². The van der Waals surface area contributed by atoms with E-state index in [9.17, 15) is 10.1 Å². The first-order valence-electron chi connectivity index (χ1n) is 6.21. The number of nitro groups is 1. The van der Waals surface area contributed by atoms with Crippen LogP contribution in [0.4, 0.5) is 11.5 Å². The number of hydrogen-bond acceptors (Lipinski definition) is 5. The van der Waals surface area contributed by atoms with Crippen LogP contribution >= 0.6 is 11.3 Å². The lowest BCUT2D eigenvalue weighted by Crippen LogP contribution is -1.93. The lowest BCUT2D eigenvalue weighted by Gasteiger charge is -2.04. The Morgan fingerprint density at radius 1 is 1.38 bits per heavy atom. The molecule has 0 spiro atoms. The van der Waals surface area contributed by atoms with Gasteiger partial charge in [-0.3, -0.25) is 15.2 Å². The molecule has 0 aliphatic carbocycles. The van der Waals surface area contributed by atoms with Crippen molar-refractivity contribution < 1.29 is 4.92 Å². The van der Waals surface area contributed by atoms with Gasteiger partial charge in [-0.2, -0.15) is 5.10 Å². The molecule has 0 amide bonds. The second-order valence-electron chi connectivity index (χ2n) is 4.59. The molecule has 0 unspecified atom stereocenters. The number of anilines is 1. The first-order chi connectivity index (χ1) is 10.1. The van der Waals surface area contributed by atoms with Crippen molar-refractivity contribution in [3.63, 3.8) is 0 Å². The Morgan fingerprint density at radius 2 is 2.19 bits per heavy atom. The van der Waals surface area contributed by atoms with E-state index in [1.165, 1.54) is 0 Å². The number of aromatic amines is 1. The Morgan fingerprint density at radius 3 is 2.86 bits per heavy atom. The van der Waals surface area contributed by atoms with Crippen LogP contribution < -0.4 is 5.73 Å². The molecule has 2 heterocycles. The van der Waals surface area contributed by atoms with E-state index in [2.05, 4.69) is 10.2 Å². The lowest BCUT2D eigenvalue weighted by atomic mass is 10.0. The van der Waals surface area contributed by atoms with E-state index >= 15 is 0 Å². The van der Waals surface area contributed by atoms with Gasteiger partial charge in [-0.15, -0.1) is 11.3 Å². The number of nitro benzene ring substituents is 1. The van der Waals surface area contributed by atoms with Crippen LogP contribution in [0.3, 0.4) is 0 Å². The van der Waals surface area contributed by atoms with E-state index < -0.39 is 0 Å². The molecule has 2 aromatic heterocycles. The monoisotopic (exact) mass is 300 g/mol. The zero-order chi connectivity index (χ0) is 15.0. The summed E-state index contributed by atoms with van der Waals surface area (Å²) in [5.74, 6) is 0.385. The third kappa shape index (κ3) is 2.27. The Balaban J connectivity index is 2.19. The van der Waals surface area contributed by atoms with Crippen LogP contribution in [0, 0.1) is 17.0 Å². The van der Waals surface area contributed by atoms with Crippen molar-refractivity contribution >= 4 is 22.8 Å². The molecule has 3 aromatic rings. The second-order valence-corrected chi connectivity index (χ2v) is 5.54. The highest BCUT2D eigenvalue weighted by Crippen LogP contribution is 2.38. The summed E-state index contributed by atoms with van der Waals surface area (Å²) in [5, 5.41) is 19.9. The van der Waals surface area contributed by atoms with Crippen molar-refractivity contribution in [2.45, 2.75) is 6.92 Å². The van der Waals surface area contributed by atoms with E-state index in [1.807, 2.05) is 23.6 Å². The number of nitrogen functional groups attached to an aromatic ring is 1. The molecule has 0 bridgehead atoms. The minimum Gasteiger partial charge on any atom is -0.382 e. The van der Waals surface area contributed by atoms with Crippen LogP contribution in [0.5, 0.6) is 0 Å². The molecule has 6 nitrogen and oxygen atoms in total. The van der Waals surface area contributed by atoms with Crippen LogP contribution in [0.15, 0.2) is 35.7 Å². The number of benzene rings is 1. The number of hydrogen-bond donors (Lipinski definition) is 2. The summed E-state index contributed by atoms with van der Waals surface area (Å²) in [6.45, 7) is 1.71.